The molecule has 0 saturated heterocycles. The molecular formula is C15H20F3NO2. The Labute approximate surface area is 122 Å². The summed E-state index contributed by atoms with van der Waals surface area (Å²) in [5.74, 6) is 0.698. The van der Waals surface area contributed by atoms with E-state index in [0.29, 0.717) is 18.3 Å². The van der Waals surface area contributed by atoms with Gasteiger partial charge in [-0.2, -0.15) is 13.2 Å². The fourth-order valence-corrected chi connectivity index (χ4v) is 1.93. The predicted molar refractivity (Wildman–Crippen MR) is 73.4 cm³/mol. The zero-order valence-electron chi connectivity index (χ0n) is 12.0. The van der Waals surface area contributed by atoms with E-state index < -0.39 is 12.8 Å². The third-order valence-corrected chi connectivity index (χ3v) is 3.13. The molecule has 0 aromatic heterocycles. The van der Waals surface area contributed by atoms with Crippen molar-refractivity contribution in [3.8, 4) is 5.75 Å². The van der Waals surface area contributed by atoms with E-state index in [4.69, 9.17) is 4.74 Å². The van der Waals surface area contributed by atoms with Crippen LogP contribution in [0, 0.1) is 6.92 Å². The molecule has 1 fully saturated rings. The van der Waals surface area contributed by atoms with Gasteiger partial charge in [-0.1, -0.05) is 17.7 Å². The Morgan fingerprint density at radius 3 is 2.67 bits per heavy atom. The summed E-state index contributed by atoms with van der Waals surface area (Å²) in [5, 5.41) is 3.40. The zero-order chi connectivity index (χ0) is 15.3. The van der Waals surface area contributed by atoms with Gasteiger partial charge in [-0.15, -0.1) is 0 Å². The lowest BCUT2D eigenvalue weighted by molar-refractivity contribution is -0.175. The van der Waals surface area contributed by atoms with Crippen LogP contribution >= 0.6 is 0 Å². The highest BCUT2D eigenvalue weighted by atomic mass is 19.4. The molecule has 0 amide bonds. The average Bonchev–Trinajstić information content (AvgIpc) is 3.20. The van der Waals surface area contributed by atoms with Crippen molar-refractivity contribution >= 4 is 0 Å². The maximum absolute atomic E-state index is 11.9. The van der Waals surface area contributed by atoms with Crippen LogP contribution in [0.1, 0.15) is 24.0 Å². The Balaban J connectivity index is 1.78. The minimum absolute atomic E-state index is 0.0805. The van der Waals surface area contributed by atoms with Crippen LogP contribution in [-0.2, 0) is 11.3 Å². The van der Waals surface area contributed by atoms with Crippen LogP contribution in [0.5, 0.6) is 5.75 Å². The van der Waals surface area contributed by atoms with Crippen LogP contribution in [0.3, 0.4) is 0 Å². The van der Waals surface area contributed by atoms with Crippen LogP contribution in [0.15, 0.2) is 18.2 Å². The maximum atomic E-state index is 11.9. The number of halogens is 3. The molecule has 1 aliphatic carbocycles. The molecule has 1 aromatic rings. The molecule has 0 atom stereocenters. The Bertz CT molecular complexity index is 459. The Morgan fingerprint density at radius 1 is 1.24 bits per heavy atom. The Hall–Kier alpha value is -1.27. The first-order valence-electron chi connectivity index (χ1n) is 7.04. The summed E-state index contributed by atoms with van der Waals surface area (Å²) in [6.07, 6.45) is -1.89. The average molecular weight is 303 g/mol. The second-order valence-corrected chi connectivity index (χ2v) is 5.28. The summed E-state index contributed by atoms with van der Waals surface area (Å²) in [4.78, 5) is 0. The second-order valence-electron chi connectivity index (χ2n) is 5.28. The van der Waals surface area contributed by atoms with E-state index >= 15 is 0 Å². The minimum Gasteiger partial charge on any atom is -0.491 e. The number of alkyl halides is 3. The lowest BCUT2D eigenvalue weighted by atomic mass is 10.1. The van der Waals surface area contributed by atoms with Crippen LogP contribution < -0.4 is 10.1 Å². The third-order valence-electron chi connectivity index (χ3n) is 3.13. The van der Waals surface area contributed by atoms with Crippen molar-refractivity contribution < 1.29 is 22.6 Å². The Morgan fingerprint density at radius 2 is 2.00 bits per heavy atom. The summed E-state index contributed by atoms with van der Waals surface area (Å²) in [7, 11) is 0. The van der Waals surface area contributed by atoms with E-state index in [9.17, 15) is 13.2 Å². The summed E-state index contributed by atoms with van der Waals surface area (Å²) in [5.41, 5.74) is 2.15. The molecule has 6 heteroatoms. The number of benzene rings is 1. The number of ether oxygens (including phenoxy) is 2. The van der Waals surface area contributed by atoms with Gasteiger partial charge in [0.15, 0.2) is 0 Å². The second kappa shape index (κ2) is 7.13. The van der Waals surface area contributed by atoms with Crippen LogP contribution in [0.25, 0.3) is 0 Å². The van der Waals surface area contributed by atoms with E-state index in [1.54, 1.807) is 0 Å². The summed E-state index contributed by atoms with van der Waals surface area (Å²) in [6.45, 7) is 1.50. The highest BCUT2D eigenvalue weighted by molar-refractivity contribution is 5.37. The molecule has 2 rings (SSSR count). The van der Waals surface area contributed by atoms with Gasteiger partial charge in [0.25, 0.3) is 0 Å². The van der Waals surface area contributed by atoms with Gasteiger partial charge in [0.05, 0.1) is 6.61 Å². The van der Waals surface area contributed by atoms with Gasteiger partial charge in [0.2, 0.25) is 0 Å². The van der Waals surface area contributed by atoms with E-state index in [-0.39, 0.29) is 13.2 Å². The first-order chi connectivity index (χ1) is 9.94. The van der Waals surface area contributed by atoms with Crippen molar-refractivity contribution in [2.75, 3.05) is 19.8 Å². The van der Waals surface area contributed by atoms with Gasteiger partial charge in [-0.05, 0) is 25.8 Å². The van der Waals surface area contributed by atoms with Crippen molar-refractivity contribution in [3.05, 3.63) is 29.3 Å². The fourth-order valence-electron chi connectivity index (χ4n) is 1.93. The molecule has 0 spiro atoms. The van der Waals surface area contributed by atoms with E-state index in [1.165, 1.54) is 12.8 Å². The Kier molecular flexibility index (Phi) is 5.47. The van der Waals surface area contributed by atoms with Crippen molar-refractivity contribution in [3.63, 3.8) is 0 Å². The van der Waals surface area contributed by atoms with Gasteiger partial charge in [-0.25, -0.2) is 0 Å². The van der Waals surface area contributed by atoms with E-state index in [2.05, 4.69) is 10.1 Å². The topological polar surface area (TPSA) is 30.5 Å². The SMILES string of the molecule is Cc1ccc(OCCOCC(F)(F)F)c(CNC2CC2)c1. The van der Waals surface area contributed by atoms with Crippen LogP contribution in [0.2, 0.25) is 0 Å². The standard InChI is InChI=1S/C15H20F3NO2/c1-11-2-5-14(12(8-11)9-19-13-3-4-13)21-7-6-20-10-15(16,17)18/h2,5,8,13,19H,3-4,6-7,9-10H2,1H3. The van der Waals surface area contributed by atoms with Crippen molar-refractivity contribution in [2.45, 2.75) is 38.5 Å². The fraction of sp³-hybridized carbons (Fsp3) is 0.600. The number of hydrogen-bond acceptors (Lipinski definition) is 3. The minimum atomic E-state index is -4.29. The lowest BCUT2D eigenvalue weighted by Crippen LogP contribution is -2.20. The molecular weight excluding hydrogens is 283 g/mol. The van der Waals surface area contributed by atoms with Gasteiger partial charge in [0, 0.05) is 18.2 Å². The monoisotopic (exact) mass is 303 g/mol. The number of nitrogens with one attached hydrogen (secondary N) is 1. The van der Waals surface area contributed by atoms with Gasteiger partial charge in [0.1, 0.15) is 19.0 Å². The quantitative estimate of drug-likeness (QED) is 0.748. The molecule has 118 valence electrons. The first-order valence-corrected chi connectivity index (χ1v) is 7.04. The first kappa shape index (κ1) is 16.1. The molecule has 1 N–H and O–H groups in total. The molecule has 21 heavy (non-hydrogen) atoms. The van der Waals surface area contributed by atoms with Crippen molar-refractivity contribution in [2.24, 2.45) is 0 Å². The molecule has 3 nitrogen and oxygen atoms in total. The van der Waals surface area contributed by atoms with E-state index in [1.807, 2.05) is 25.1 Å². The molecule has 1 aromatic carbocycles. The molecule has 0 heterocycles. The molecule has 0 bridgehead atoms. The molecule has 0 unspecified atom stereocenters. The van der Waals surface area contributed by atoms with Crippen molar-refractivity contribution in [1.29, 1.82) is 0 Å². The largest absolute Gasteiger partial charge is 0.491 e. The third kappa shape index (κ3) is 6.35. The summed E-state index contributed by atoms with van der Waals surface area (Å²) in [6, 6.07) is 6.39. The summed E-state index contributed by atoms with van der Waals surface area (Å²) >= 11 is 0. The zero-order valence-corrected chi connectivity index (χ0v) is 12.0. The summed E-state index contributed by atoms with van der Waals surface area (Å²) < 4.78 is 45.8. The molecule has 1 saturated carbocycles. The molecule has 0 aliphatic heterocycles. The van der Waals surface area contributed by atoms with Crippen molar-refractivity contribution in [1.82, 2.24) is 5.32 Å². The van der Waals surface area contributed by atoms with Gasteiger partial charge in [-0.3, -0.25) is 0 Å². The number of aryl methyl sites for hydroxylation is 1. The van der Waals surface area contributed by atoms with Gasteiger partial charge >= 0.3 is 6.18 Å². The highest BCUT2D eigenvalue weighted by Gasteiger charge is 2.27. The molecule has 0 radical (unpaired) electrons. The number of rotatable bonds is 8. The molecule has 1 aliphatic rings. The van der Waals surface area contributed by atoms with Crippen LogP contribution in [0.4, 0.5) is 13.2 Å². The predicted octanol–water partition coefficient (Wildman–Crippen LogP) is 3.20. The normalized spacial score (nSPS) is 15.2. The maximum Gasteiger partial charge on any atom is 0.411 e. The van der Waals surface area contributed by atoms with Gasteiger partial charge < -0.3 is 14.8 Å². The van der Waals surface area contributed by atoms with Crippen LogP contribution in [-0.4, -0.2) is 32.0 Å². The van der Waals surface area contributed by atoms with E-state index in [0.717, 1.165) is 11.1 Å². The highest BCUT2D eigenvalue weighted by Crippen LogP contribution is 2.23. The smallest absolute Gasteiger partial charge is 0.411 e. The lowest BCUT2D eigenvalue weighted by Gasteiger charge is -2.13. The number of hydrogen-bond donors (Lipinski definition) is 1.